The van der Waals surface area contributed by atoms with Gasteiger partial charge in [-0.2, -0.15) is 0 Å². The summed E-state index contributed by atoms with van der Waals surface area (Å²) >= 11 is 6.30. The molecule has 1 fully saturated rings. The third-order valence-corrected chi connectivity index (χ3v) is 4.26. The fourth-order valence-corrected chi connectivity index (χ4v) is 2.75. The molecule has 1 heterocycles. The van der Waals surface area contributed by atoms with Gasteiger partial charge in [-0.05, 0) is 30.0 Å². The Morgan fingerprint density at radius 3 is 2.78 bits per heavy atom. The minimum atomic E-state index is 0. The third-order valence-electron chi connectivity index (χ3n) is 3.98. The van der Waals surface area contributed by atoms with Crippen LogP contribution < -0.4 is 20.1 Å². The van der Waals surface area contributed by atoms with Crippen molar-refractivity contribution in [2.45, 2.75) is 32.4 Å². The first-order valence-electron chi connectivity index (χ1n) is 7.72. The predicted octanol–water partition coefficient (Wildman–Crippen LogP) is 3.19. The molecule has 2 atom stereocenters. The van der Waals surface area contributed by atoms with E-state index in [0.717, 1.165) is 29.6 Å². The summed E-state index contributed by atoms with van der Waals surface area (Å²) < 4.78 is 11.3. The second-order valence-electron chi connectivity index (χ2n) is 5.84. The van der Waals surface area contributed by atoms with Gasteiger partial charge in [-0.3, -0.25) is 4.99 Å². The van der Waals surface area contributed by atoms with E-state index in [1.165, 1.54) is 6.42 Å². The average Bonchev–Trinajstić information content (AvgIpc) is 3.24. The van der Waals surface area contributed by atoms with Crippen molar-refractivity contribution < 1.29 is 9.47 Å². The molecule has 0 saturated heterocycles. The Labute approximate surface area is 159 Å². The van der Waals surface area contributed by atoms with Crippen LogP contribution in [0.15, 0.2) is 17.1 Å². The topological polar surface area (TPSA) is 54.9 Å². The lowest BCUT2D eigenvalue weighted by atomic mass is 10.2. The second kappa shape index (κ2) is 8.28. The Bertz CT molecular complexity index is 583. The summed E-state index contributed by atoms with van der Waals surface area (Å²) in [6, 6.07) is 4.43. The van der Waals surface area contributed by atoms with Crippen LogP contribution in [0.3, 0.4) is 0 Å². The van der Waals surface area contributed by atoms with Crippen molar-refractivity contribution >= 4 is 41.5 Å². The van der Waals surface area contributed by atoms with Crippen molar-refractivity contribution in [3.63, 3.8) is 0 Å². The maximum atomic E-state index is 6.30. The minimum Gasteiger partial charge on any atom is -0.489 e. The zero-order valence-electron chi connectivity index (χ0n) is 13.4. The summed E-state index contributed by atoms with van der Waals surface area (Å²) in [6.07, 6.45) is 2.07. The van der Waals surface area contributed by atoms with Crippen molar-refractivity contribution in [2.24, 2.45) is 10.9 Å². The van der Waals surface area contributed by atoms with Gasteiger partial charge in [-0.15, -0.1) is 24.0 Å². The van der Waals surface area contributed by atoms with Crippen molar-refractivity contribution in [1.29, 1.82) is 0 Å². The molecule has 0 spiro atoms. The molecular weight excluding hydrogens is 429 g/mol. The molecule has 1 aliphatic heterocycles. The molecule has 1 aromatic rings. The molecule has 0 amide bonds. The smallest absolute Gasteiger partial charge is 0.191 e. The molecule has 2 N–H and O–H groups in total. The second-order valence-corrected chi connectivity index (χ2v) is 6.25. The van der Waals surface area contributed by atoms with E-state index < -0.39 is 0 Å². The molecule has 2 unspecified atom stereocenters. The zero-order chi connectivity index (χ0) is 15.5. The SMILES string of the molecule is CN=C(NCc1cc(Cl)c2c(c1)OCCCO2)NC1CC1C.I. The number of benzene rings is 1. The van der Waals surface area contributed by atoms with Gasteiger partial charge >= 0.3 is 0 Å². The van der Waals surface area contributed by atoms with Crippen LogP contribution in [0.5, 0.6) is 11.5 Å². The van der Waals surface area contributed by atoms with Gasteiger partial charge in [0.15, 0.2) is 17.5 Å². The molecule has 1 aliphatic carbocycles. The summed E-state index contributed by atoms with van der Waals surface area (Å²) in [7, 11) is 1.78. The standard InChI is InChI=1S/C16H22ClN3O2.HI/c1-10-6-13(10)20-16(18-2)19-9-11-7-12(17)15-14(8-11)21-4-3-5-22-15;/h7-8,10,13H,3-6,9H2,1-2H3,(H2,18,19,20);1H. The lowest BCUT2D eigenvalue weighted by molar-refractivity contribution is 0.297. The summed E-state index contributed by atoms with van der Waals surface area (Å²) in [4.78, 5) is 4.25. The van der Waals surface area contributed by atoms with Gasteiger partial charge in [0.2, 0.25) is 0 Å². The maximum Gasteiger partial charge on any atom is 0.191 e. The van der Waals surface area contributed by atoms with Crippen LogP contribution >= 0.6 is 35.6 Å². The summed E-state index contributed by atoms with van der Waals surface area (Å²) in [5, 5.41) is 7.30. The maximum absolute atomic E-state index is 6.30. The van der Waals surface area contributed by atoms with E-state index in [0.29, 0.717) is 36.6 Å². The van der Waals surface area contributed by atoms with Gasteiger partial charge < -0.3 is 20.1 Å². The lowest BCUT2D eigenvalue weighted by Crippen LogP contribution is -2.38. The molecule has 128 valence electrons. The Morgan fingerprint density at radius 2 is 2.09 bits per heavy atom. The number of rotatable bonds is 3. The molecule has 7 heteroatoms. The lowest BCUT2D eigenvalue weighted by Gasteiger charge is -2.14. The van der Waals surface area contributed by atoms with Crippen molar-refractivity contribution in [3.8, 4) is 11.5 Å². The highest BCUT2D eigenvalue weighted by atomic mass is 127. The normalized spacial score (nSPS) is 22.7. The molecule has 3 rings (SSSR count). The fraction of sp³-hybridized carbons (Fsp3) is 0.562. The predicted molar refractivity (Wildman–Crippen MR) is 103 cm³/mol. The van der Waals surface area contributed by atoms with Crippen molar-refractivity contribution in [2.75, 3.05) is 20.3 Å². The van der Waals surface area contributed by atoms with E-state index in [1.807, 2.05) is 12.1 Å². The molecule has 5 nitrogen and oxygen atoms in total. The van der Waals surface area contributed by atoms with Crippen molar-refractivity contribution in [1.82, 2.24) is 10.6 Å². The monoisotopic (exact) mass is 451 g/mol. The highest BCUT2D eigenvalue weighted by Gasteiger charge is 2.33. The van der Waals surface area contributed by atoms with E-state index in [-0.39, 0.29) is 24.0 Å². The van der Waals surface area contributed by atoms with E-state index >= 15 is 0 Å². The quantitative estimate of drug-likeness (QED) is 0.421. The number of nitrogens with zero attached hydrogens (tertiary/aromatic N) is 1. The highest BCUT2D eigenvalue weighted by molar-refractivity contribution is 14.0. The van der Waals surface area contributed by atoms with E-state index in [1.54, 1.807) is 7.05 Å². The number of halogens is 2. The van der Waals surface area contributed by atoms with Gasteiger partial charge in [-0.25, -0.2) is 0 Å². The molecule has 0 radical (unpaired) electrons. The first-order valence-corrected chi connectivity index (χ1v) is 8.10. The molecule has 1 aromatic carbocycles. The van der Waals surface area contributed by atoms with E-state index in [9.17, 15) is 0 Å². The summed E-state index contributed by atoms with van der Waals surface area (Å²) in [5.74, 6) is 2.92. The largest absolute Gasteiger partial charge is 0.489 e. The number of aliphatic imine (C=N–C) groups is 1. The summed E-state index contributed by atoms with van der Waals surface area (Å²) in [5.41, 5.74) is 1.04. The van der Waals surface area contributed by atoms with Crippen LogP contribution in [0.2, 0.25) is 5.02 Å². The number of hydrogen-bond donors (Lipinski definition) is 2. The van der Waals surface area contributed by atoms with Gasteiger partial charge in [0.05, 0.1) is 18.2 Å². The zero-order valence-corrected chi connectivity index (χ0v) is 16.5. The van der Waals surface area contributed by atoms with Crippen LogP contribution in [-0.2, 0) is 6.54 Å². The third kappa shape index (κ3) is 4.79. The van der Waals surface area contributed by atoms with Gasteiger partial charge in [0, 0.05) is 26.1 Å². The highest BCUT2D eigenvalue weighted by Crippen LogP contribution is 2.38. The van der Waals surface area contributed by atoms with Crippen molar-refractivity contribution in [3.05, 3.63) is 22.7 Å². The van der Waals surface area contributed by atoms with E-state index in [4.69, 9.17) is 21.1 Å². The molecule has 23 heavy (non-hydrogen) atoms. The van der Waals surface area contributed by atoms with Crippen LogP contribution in [0.4, 0.5) is 0 Å². The Balaban J connectivity index is 0.00000192. The average molecular weight is 452 g/mol. The Morgan fingerprint density at radius 1 is 1.35 bits per heavy atom. The van der Waals surface area contributed by atoms with Crippen LogP contribution in [0.1, 0.15) is 25.3 Å². The molecule has 0 aromatic heterocycles. The number of fused-ring (bicyclic) bond motifs is 1. The molecule has 0 bridgehead atoms. The first-order chi connectivity index (χ1) is 10.7. The minimum absolute atomic E-state index is 0. The Hall–Kier alpha value is -0.890. The van der Waals surface area contributed by atoms with Crippen LogP contribution in [-0.4, -0.2) is 32.3 Å². The van der Waals surface area contributed by atoms with E-state index in [2.05, 4.69) is 22.5 Å². The molecule has 2 aliphatic rings. The van der Waals surface area contributed by atoms with Gasteiger partial charge in [0.1, 0.15) is 0 Å². The van der Waals surface area contributed by atoms with Gasteiger partial charge in [0.25, 0.3) is 0 Å². The molecular formula is C16H23ClIN3O2. The summed E-state index contributed by atoms with van der Waals surface area (Å²) in [6.45, 7) is 4.16. The number of guanidine groups is 1. The van der Waals surface area contributed by atoms with Crippen LogP contribution in [0, 0.1) is 5.92 Å². The van der Waals surface area contributed by atoms with Crippen LogP contribution in [0.25, 0.3) is 0 Å². The first kappa shape index (κ1) is 18.4. The van der Waals surface area contributed by atoms with Gasteiger partial charge in [-0.1, -0.05) is 18.5 Å². The number of ether oxygens (including phenoxy) is 2. The molecule has 1 saturated carbocycles. The number of hydrogen-bond acceptors (Lipinski definition) is 3. The Kier molecular flexibility index (Phi) is 6.64. The fourth-order valence-electron chi connectivity index (χ4n) is 2.47. The number of nitrogens with one attached hydrogen (secondary N) is 2.